The molecule has 3 rings (SSSR count). The molecule has 0 aromatic heterocycles. The lowest BCUT2D eigenvalue weighted by atomic mass is 9.63. The van der Waals surface area contributed by atoms with E-state index in [4.69, 9.17) is 11.6 Å². The van der Waals surface area contributed by atoms with Crippen LogP contribution in [0.2, 0.25) is 5.02 Å². The summed E-state index contributed by atoms with van der Waals surface area (Å²) in [6.45, 7) is 2.07. The van der Waals surface area contributed by atoms with Gasteiger partial charge >= 0.3 is 0 Å². The molecular formula is C26H33ClN2. The molecule has 0 N–H and O–H groups in total. The first-order chi connectivity index (χ1) is 14.1. The number of rotatable bonds is 9. The molecule has 0 radical (unpaired) electrons. The van der Waals surface area contributed by atoms with Crippen molar-refractivity contribution < 1.29 is 0 Å². The predicted octanol–water partition coefficient (Wildman–Crippen LogP) is 6.64. The monoisotopic (exact) mass is 408 g/mol. The molecule has 2 aromatic rings. The lowest BCUT2D eigenvalue weighted by molar-refractivity contribution is 0.224. The molecule has 1 aliphatic carbocycles. The van der Waals surface area contributed by atoms with Crippen molar-refractivity contribution in [3.05, 3.63) is 70.7 Å². The van der Waals surface area contributed by atoms with E-state index in [1.165, 1.54) is 37.7 Å². The number of benzene rings is 2. The first-order valence-electron chi connectivity index (χ1n) is 11.0. The van der Waals surface area contributed by atoms with Crippen molar-refractivity contribution in [2.75, 3.05) is 20.1 Å². The summed E-state index contributed by atoms with van der Waals surface area (Å²) in [5.74, 6) is 0.456. The maximum atomic E-state index is 10.4. The van der Waals surface area contributed by atoms with Crippen molar-refractivity contribution in [3.63, 3.8) is 0 Å². The van der Waals surface area contributed by atoms with Crippen LogP contribution in [0.5, 0.6) is 0 Å². The van der Waals surface area contributed by atoms with Crippen LogP contribution in [0.25, 0.3) is 0 Å². The highest BCUT2D eigenvalue weighted by Gasteiger charge is 2.40. The van der Waals surface area contributed by atoms with Crippen LogP contribution in [-0.4, -0.2) is 25.0 Å². The van der Waals surface area contributed by atoms with Crippen LogP contribution in [0.1, 0.15) is 56.1 Å². The first-order valence-corrected chi connectivity index (χ1v) is 11.4. The molecular weight excluding hydrogens is 376 g/mol. The number of hydrogen-bond donors (Lipinski definition) is 0. The maximum absolute atomic E-state index is 10.4. The highest BCUT2D eigenvalue weighted by molar-refractivity contribution is 6.30. The SMILES string of the molecule is CN(CCCC(C#N)(c1ccc(Cl)cc1)C1CCCCC1)CCc1ccccc1. The minimum atomic E-state index is -0.384. The minimum Gasteiger partial charge on any atom is -0.306 e. The first kappa shape index (κ1) is 21.9. The Morgan fingerprint density at radius 2 is 1.69 bits per heavy atom. The van der Waals surface area contributed by atoms with E-state index in [1.807, 2.05) is 12.1 Å². The Kier molecular flexibility index (Phi) is 8.16. The summed E-state index contributed by atoms with van der Waals surface area (Å²) in [5, 5.41) is 11.1. The van der Waals surface area contributed by atoms with Crippen molar-refractivity contribution in [1.29, 1.82) is 5.26 Å². The number of nitriles is 1. The van der Waals surface area contributed by atoms with E-state index in [0.29, 0.717) is 5.92 Å². The second-order valence-corrected chi connectivity index (χ2v) is 9.00. The lowest BCUT2D eigenvalue weighted by Crippen LogP contribution is -2.36. The molecule has 0 heterocycles. The van der Waals surface area contributed by atoms with Gasteiger partial charge < -0.3 is 4.90 Å². The van der Waals surface area contributed by atoms with Gasteiger partial charge in [0.1, 0.15) is 0 Å². The second kappa shape index (κ2) is 10.8. The van der Waals surface area contributed by atoms with Crippen LogP contribution in [0.4, 0.5) is 0 Å². The molecule has 0 aliphatic heterocycles. The van der Waals surface area contributed by atoms with E-state index < -0.39 is 0 Å². The quantitative estimate of drug-likeness (QED) is 0.465. The summed E-state index contributed by atoms with van der Waals surface area (Å²) in [6, 6.07) is 21.5. The van der Waals surface area contributed by atoms with E-state index in [-0.39, 0.29) is 5.41 Å². The fourth-order valence-corrected chi connectivity index (χ4v) is 4.97. The van der Waals surface area contributed by atoms with Gasteiger partial charge in [0, 0.05) is 11.6 Å². The minimum absolute atomic E-state index is 0.384. The van der Waals surface area contributed by atoms with Gasteiger partial charge in [-0.25, -0.2) is 0 Å². The Labute approximate surface area is 181 Å². The van der Waals surface area contributed by atoms with Crippen LogP contribution < -0.4 is 0 Å². The van der Waals surface area contributed by atoms with Gasteiger partial charge in [-0.15, -0.1) is 0 Å². The molecule has 0 bridgehead atoms. The summed E-state index contributed by atoms with van der Waals surface area (Å²) in [6.07, 6.45) is 9.17. The molecule has 1 aliphatic rings. The Hall–Kier alpha value is -1.82. The Morgan fingerprint density at radius 3 is 2.34 bits per heavy atom. The second-order valence-electron chi connectivity index (χ2n) is 8.57. The van der Waals surface area contributed by atoms with E-state index in [9.17, 15) is 5.26 Å². The third kappa shape index (κ3) is 5.84. The average Bonchev–Trinajstić information content (AvgIpc) is 2.77. The molecule has 154 valence electrons. The fourth-order valence-electron chi connectivity index (χ4n) is 4.84. The predicted molar refractivity (Wildman–Crippen MR) is 122 cm³/mol. The van der Waals surface area contributed by atoms with Crippen LogP contribution in [-0.2, 0) is 11.8 Å². The van der Waals surface area contributed by atoms with Gasteiger partial charge in [-0.3, -0.25) is 0 Å². The van der Waals surface area contributed by atoms with Crippen molar-refractivity contribution in [3.8, 4) is 6.07 Å². The molecule has 3 heteroatoms. The zero-order chi connectivity index (χ0) is 20.5. The molecule has 29 heavy (non-hydrogen) atoms. The molecule has 2 nitrogen and oxygen atoms in total. The van der Waals surface area contributed by atoms with Crippen LogP contribution in [0.15, 0.2) is 54.6 Å². The van der Waals surface area contributed by atoms with Gasteiger partial charge in [-0.05, 0) is 74.9 Å². The van der Waals surface area contributed by atoms with E-state index in [0.717, 1.165) is 42.9 Å². The molecule has 1 atom stereocenters. The molecule has 0 amide bonds. The Morgan fingerprint density at radius 1 is 1.00 bits per heavy atom. The molecule has 0 saturated heterocycles. The molecule has 1 saturated carbocycles. The molecule has 1 unspecified atom stereocenters. The third-order valence-electron chi connectivity index (χ3n) is 6.60. The van der Waals surface area contributed by atoms with Gasteiger partial charge in [0.05, 0.1) is 11.5 Å². The fraction of sp³-hybridized carbons (Fsp3) is 0.500. The molecule has 1 fully saturated rings. The number of halogens is 1. The normalized spacial score (nSPS) is 17.0. The smallest absolute Gasteiger partial charge is 0.0850 e. The zero-order valence-corrected chi connectivity index (χ0v) is 18.4. The summed E-state index contributed by atoms with van der Waals surface area (Å²) in [7, 11) is 2.19. The summed E-state index contributed by atoms with van der Waals surface area (Å²) >= 11 is 6.13. The lowest BCUT2D eigenvalue weighted by Gasteiger charge is -2.38. The largest absolute Gasteiger partial charge is 0.306 e. The van der Waals surface area contributed by atoms with Gasteiger partial charge in [0.15, 0.2) is 0 Å². The summed E-state index contributed by atoms with van der Waals surface area (Å²) in [5.41, 5.74) is 2.16. The topological polar surface area (TPSA) is 27.0 Å². The van der Waals surface area contributed by atoms with Crippen molar-refractivity contribution in [1.82, 2.24) is 4.90 Å². The number of likely N-dealkylation sites (N-methyl/N-ethyl adjacent to an activating group) is 1. The van der Waals surface area contributed by atoms with Gasteiger partial charge in [0.2, 0.25) is 0 Å². The van der Waals surface area contributed by atoms with Crippen LogP contribution in [0.3, 0.4) is 0 Å². The van der Waals surface area contributed by atoms with E-state index in [2.05, 4.69) is 60.5 Å². The highest BCUT2D eigenvalue weighted by Crippen LogP contribution is 2.44. The summed E-state index contributed by atoms with van der Waals surface area (Å²) in [4.78, 5) is 2.40. The van der Waals surface area contributed by atoms with Crippen LogP contribution >= 0.6 is 11.6 Å². The van der Waals surface area contributed by atoms with E-state index in [1.54, 1.807) is 0 Å². The number of hydrogen-bond acceptors (Lipinski definition) is 2. The Balaban J connectivity index is 1.63. The molecule has 0 spiro atoms. The van der Waals surface area contributed by atoms with Gasteiger partial charge in [0.25, 0.3) is 0 Å². The summed E-state index contributed by atoms with van der Waals surface area (Å²) < 4.78 is 0. The van der Waals surface area contributed by atoms with Crippen LogP contribution in [0, 0.1) is 17.2 Å². The van der Waals surface area contributed by atoms with Crippen molar-refractivity contribution in [2.45, 2.75) is 56.8 Å². The average molecular weight is 409 g/mol. The molecule has 2 aromatic carbocycles. The maximum Gasteiger partial charge on any atom is 0.0850 e. The standard InChI is InChI=1S/C26H33ClN2/c1-29(20-17-22-9-4-2-5-10-22)19-8-18-26(21-28,23-11-6-3-7-12-23)24-13-15-25(27)16-14-24/h2,4-5,9-10,13-16,23H,3,6-8,11-12,17-20H2,1H3. The van der Waals surface area contributed by atoms with Gasteiger partial charge in [-0.1, -0.05) is 73.3 Å². The van der Waals surface area contributed by atoms with Gasteiger partial charge in [-0.2, -0.15) is 5.26 Å². The van der Waals surface area contributed by atoms with E-state index >= 15 is 0 Å². The zero-order valence-electron chi connectivity index (χ0n) is 17.6. The van der Waals surface area contributed by atoms with Crippen molar-refractivity contribution >= 4 is 11.6 Å². The third-order valence-corrected chi connectivity index (χ3v) is 6.85. The Bertz CT molecular complexity index is 775. The van der Waals surface area contributed by atoms with Crippen molar-refractivity contribution in [2.24, 2.45) is 5.92 Å². The number of nitrogens with zero attached hydrogens (tertiary/aromatic N) is 2. The highest BCUT2D eigenvalue weighted by atomic mass is 35.5.